The monoisotopic (exact) mass is 266 g/mol. The standard InChI is InChI=1S/C15H23FN2O/c1-10-9-19-11(2)8-18(10)12(3)15(17)13-4-6-14(16)7-5-13/h4-7,10-12,15H,8-9,17H2,1-3H3. The highest BCUT2D eigenvalue weighted by atomic mass is 19.1. The van der Waals surface area contributed by atoms with Crippen LogP contribution >= 0.6 is 0 Å². The van der Waals surface area contributed by atoms with Crippen molar-refractivity contribution in [3.8, 4) is 0 Å². The van der Waals surface area contributed by atoms with Crippen molar-refractivity contribution in [3.63, 3.8) is 0 Å². The van der Waals surface area contributed by atoms with Gasteiger partial charge < -0.3 is 10.5 Å². The van der Waals surface area contributed by atoms with Crippen LogP contribution < -0.4 is 5.73 Å². The predicted octanol–water partition coefficient (Wildman–Crippen LogP) is 2.32. The second-order valence-electron chi connectivity index (χ2n) is 5.51. The van der Waals surface area contributed by atoms with E-state index in [2.05, 4.69) is 25.7 Å². The summed E-state index contributed by atoms with van der Waals surface area (Å²) in [6.07, 6.45) is 0.235. The molecule has 0 spiro atoms. The molecule has 1 aromatic rings. The number of rotatable bonds is 3. The van der Waals surface area contributed by atoms with Gasteiger partial charge in [0.1, 0.15) is 5.82 Å². The number of halogens is 1. The number of nitrogens with two attached hydrogens (primary N) is 1. The fourth-order valence-corrected chi connectivity index (χ4v) is 2.67. The molecule has 0 radical (unpaired) electrons. The number of morpholine rings is 1. The molecule has 1 aliphatic rings. The molecule has 2 rings (SSSR count). The van der Waals surface area contributed by atoms with Gasteiger partial charge in [-0.15, -0.1) is 0 Å². The van der Waals surface area contributed by atoms with Crippen molar-refractivity contribution in [2.75, 3.05) is 13.2 Å². The van der Waals surface area contributed by atoms with Gasteiger partial charge in [0, 0.05) is 24.7 Å². The van der Waals surface area contributed by atoms with Gasteiger partial charge in [-0.25, -0.2) is 4.39 Å². The Hall–Kier alpha value is -0.970. The predicted molar refractivity (Wildman–Crippen MR) is 74.4 cm³/mol. The van der Waals surface area contributed by atoms with Crippen molar-refractivity contribution in [2.45, 2.75) is 45.0 Å². The molecule has 2 N–H and O–H groups in total. The van der Waals surface area contributed by atoms with Crippen LogP contribution in [0.25, 0.3) is 0 Å². The van der Waals surface area contributed by atoms with Crippen LogP contribution in [0.2, 0.25) is 0 Å². The molecule has 0 saturated carbocycles. The zero-order valence-corrected chi connectivity index (χ0v) is 11.8. The summed E-state index contributed by atoms with van der Waals surface area (Å²) >= 11 is 0. The molecule has 1 fully saturated rings. The van der Waals surface area contributed by atoms with Crippen molar-refractivity contribution in [1.29, 1.82) is 0 Å². The van der Waals surface area contributed by atoms with Crippen LogP contribution in [0.4, 0.5) is 4.39 Å². The summed E-state index contributed by atoms with van der Waals surface area (Å²) in [5, 5.41) is 0. The lowest BCUT2D eigenvalue weighted by Gasteiger charge is -2.42. The van der Waals surface area contributed by atoms with E-state index in [0.29, 0.717) is 6.04 Å². The Labute approximate surface area is 114 Å². The van der Waals surface area contributed by atoms with Crippen LogP contribution in [-0.4, -0.2) is 36.2 Å². The molecule has 1 aliphatic heterocycles. The zero-order valence-electron chi connectivity index (χ0n) is 11.8. The Bertz CT molecular complexity index is 409. The van der Waals surface area contributed by atoms with Gasteiger partial charge in [-0.2, -0.15) is 0 Å². The summed E-state index contributed by atoms with van der Waals surface area (Å²) in [5.74, 6) is -0.225. The maximum Gasteiger partial charge on any atom is 0.123 e. The third-order valence-corrected chi connectivity index (χ3v) is 3.95. The molecule has 1 aromatic carbocycles. The highest BCUT2D eigenvalue weighted by molar-refractivity contribution is 5.21. The van der Waals surface area contributed by atoms with Gasteiger partial charge in [0.05, 0.1) is 12.7 Å². The Kier molecular flexibility index (Phi) is 4.55. The Balaban J connectivity index is 2.09. The average molecular weight is 266 g/mol. The first-order chi connectivity index (χ1) is 8.99. The average Bonchev–Trinajstić information content (AvgIpc) is 2.41. The molecular formula is C15H23FN2O. The first kappa shape index (κ1) is 14.4. The van der Waals surface area contributed by atoms with E-state index < -0.39 is 0 Å². The van der Waals surface area contributed by atoms with E-state index >= 15 is 0 Å². The van der Waals surface area contributed by atoms with Crippen molar-refractivity contribution in [2.24, 2.45) is 5.73 Å². The molecule has 0 bridgehead atoms. The van der Waals surface area contributed by atoms with Crippen LogP contribution in [0, 0.1) is 5.82 Å². The lowest BCUT2D eigenvalue weighted by atomic mass is 9.98. The van der Waals surface area contributed by atoms with E-state index in [4.69, 9.17) is 10.5 Å². The van der Waals surface area contributed by atoms with Crippen LogP contribution in [0.15, 0.2) is 24.3 Å². The molecule has 3 nitrogen and oxygen atoms in total. The summed E-state index contributed by atoms with van der Waals surface area (Å²) in [7, 11) is 0. The Morgan fingerprint density at radius 1 is 1.32 bits per heavy atom. The Morgan fingerprint density at radius 2 is 1.95 bits per heavy atom. The van der Waals surface area contributed by atoms with E-state index in [1.165, 1.54) is 12.1 Å². The maximum absolute atomic E-state index is 13.0. The first-order valence-electron chi connectivity index (χ1n) is 6.87. The third-order valence-electron chi connectivity index (χ3n) is 3.95. The van der Waals surface area contributed by atoms with E-state index in [-0.39, 0.29) is 24.0 Å². The molecular weight excluding hydrogens is 243 g/mol. The fraction of sp³-hybridized carbons (Fsp3) is 0.600. The smallest absolute Gasteiger partial charge is 0.123 e. The minimum atomic E-state index is -0.225. The number of hydrogen-bond acceptors (Lipinski definition) is 3. The SMILES string of the molecule is CC1CN(C(C)C(N)c2ccc(F)cc2)C(C)CO1. The summed E-state index contributed by atoms with van der Waals surface area (Å²) in [6.45, 7) is 7.98. The molecule has 1 saturated heterocycles. The van der Waals surface area contributed by atoms with E-state index in [0.717, 1.165) is 18.7 Å². The summed E-state index contributed by atoms with van der Waals surface area (Å²) in [5.41, 5.74) is 7.29. The van der Waals surface area contributed by atoms with Gasteiger partial charge in [0.15, 0.2) is 0 Å². The van der Waals surface area contributed by atoms with Gasteiger partial charge >= 0.3 is 0 Å². The molecule has 0 aromatic heterocycles. The molecule has 1 heterocycles. The molecule has 0 aliphatic carbocycles. The topological polar surface area (TPSA) is 38.5 Å². The van der Waals surface area contributed by atoms with Crippen LogP contribution in [-0.2, 0) is 4.74 Å². The number of benzene rings is 1. The number of hydrogen-bond donors (Lipinski definition) is 1. The second-order valence-corrected chi connectivity index (χ2v) is 5.51. The molecule has 4 unspecified atom stereocenters. The van der Waals surface area contributed by atoms with Crippen molar-refractivity contribution >= 4 is 0 Å². The summed E-state index contributed by atoms with van der Waals surface area (Å²) in [6, 6.07) is 6.91. The number of ether oxygens (including phenoxy) is 1. The summed E-state index contributed by atoms with van der Waals surface area (Å²) < 4.78 is 18.6. The summed E-state index contributed by atoms with van der Waals surface area (Å²) in [4.78, 5) is 2.38. The molecule has 4 heteroatoms. The zero-order chi connectivity index (χ0) is 14.0. The number of nitrogens with zero attached hydrogens (tertiary/aromatic N) is 1. The van der Waals surface area contributed by atoms with Crippen molar-refractivity contribution in [3.05, 3.63) is 35.6 Å². The van der Waals surface area contributed by atoms with Gasteiger partial charge in [-0.3, -0.25) is 4.90 Å². The highest BCUT2D eigenvalue weighted by Crippen LogP contribution is 2.23. The lowest BCUT2D eigenvalue weighted by Crippen LogP contribution is -2.54. The molecule has 106 valence electrons. The lowest BCUT2D eigenvalue weighted by molar-refractivity contribution is -0.0668. The van der Waals surface area contributed by atoms with Gasteiger partial charge in [-0.05, 0) is 38.5 Å². The van der Waals surface area contributed by atoms with Crippen LogP contribution in [0.1, 0.15) is 32.4 Å². The van der Waals surface area contributed by atoms with Gasteiger partial charge in [0.25, 0.3) is 0 Å². The van der Waals surface area contributed by atoms with E-state index in [1.54, 1.807) is 12.1 Å². The minimum Gasteiger partial charge on any atom is -0.376 e. The van der Waals surface area contributed by atoms with Crippen molar-refractivity contribution < 1.29 is 9.13 Å². The van der Waals surface area contributed by atoms with Gasteiger partial charge in [-0.1, -0.05) is 12.1 Å². The van der Waals surface area contributed by atoms with Crippen LogP contribution in [0.3, 0.4) is 0 Å². The molecule has 4 atom stereocenters. The third kappa shape index (κ3) is 3.32. The van der Waals surface area contributed by atoms with E-state index in [1.807, 2.05) is 0 Å². The largest absolute Gasteiger partial charge is 0.376 e. The first-order valence-corrected chi connectivity index (χ1v) is 6.87. The van der Waals surface area contributed by atoms with E-state index in [9.17, 15) is 4.39 Å². The minimum absolute atomic E-state index is 0.117. The maximum atomic E-state index is 13.0. The normalized spacial score (nSPS) is 28.1. The fourth-order valence-electron chi connectivity index (χ4n) is 2.67. The van der Waals surface area contributed by atoms with Crippen molar-refractivity contribution in [1.82, 2.24) is 4.90 Å². The Morgan fingerprint density at radius 3 is 2.58 bits per heavy atom. The second kappa shape index (κ2) is 5.99. The highest BCUT2D eigenvalue weighted by Gasteiger charge is 2.30. The van der Waals surface area contributed by atoms with Crippen LogP contribution in [0.5, 0.6) is 0 Å². The quantitative estimate of drug-likeness (QED) is 0.912. The molecule has 0 amide bonds. The molecule has 19 heavy (non-hydrogen) atoms. The van der Waals surface area contributed by atoms with Gasteiger partial charge in [0.2, 0.25) is 0 Å².